The van der Waals surface area contributed by atoms with Gasteiger partial charge in [-0.3, -0.25) is 0 Å². The van der Waals surface area contributed by atoms with E-state index in [4.69, 9.17) is 10.5 Å². The van der Waals surface area contributed by atoms with Crippen molar-refractivity contribution in [3.8, 4) is 5.75 Å². The molecular weight excluding hydrogens is 198 g/mol. The van der Waals surface area contributed by atoms with Crippen LogP contribution in [-0.2, 0) is 0 Å². The van der Waals surface area contributed by atoms with Crippen LogP contribution in [0.2, 0.25) is 0 Å². The third kappa shape index (κ3) is 2.38. The van der Waals surface area contributed by atoms with Crippen LogP contribution in [0.1, 0.15) is 37.7 Å². The fourth-order valence-corrected chi connectivity index (χ4v) is 2.74. The summed E-state index contributed by atoms with van der Waals surface area (Å²) in [5.41, 5.74) is 7.24. The second-order valence-corrected chi connectivity index (χ2v) is 4.54. The van der Waals surface area contributed by atoms with Crippen LogP contribution in [0.5, 0.6) is 5.75 Å². The van der Waals surface area contributed by atoms with Crippen molar-refractivity contribution in [2.45, 2.75) is 32.1 Å². The maximum Gasteiger partial charge on any atom is 0.119 e. The minimum atomic E-state index is 0.667. The van der Waals surface area contributed by atoms with Crippen molar-refractivity contribution in [1.29, 1.82) is 0 Å². The van der Waals surface area contributed by atoms with E-state index in [0.29, 0.717) is 11.8 Å². The van der Waals surface area contributed by atoms with E-state index in [1.807, 2.05) is 6.92 Å². The number of hydrogen-bond acceptors (Lipinski definition) is 2. The topological polar surface area (TPSA) is 35.2 Å². The van der Waals surface area contributed by atoms with Gasteiger partial charge in [0.05, 0.1) is 6.61 Å². The number of benzene rings is 1. The summed E-state index contributed by atoms with van der Waals surface area (Å²) < 4.78 is 5.45. The van der Waals surface area contributed by atoms with Gasteiger partial charge in [0.2, 0.25) is 0 Å². The Kier molecular flexibility index (Phi) is 3.83. The second kappa shape index (κ2) is 5.35. The van der Waals surface area contributed by atoms with Crippen molar-refractivity contribution in [2.24, 2.45) is 11.7 Å². The molecule has 0 spiro atoms. The van der Waals surface area contributed by atoms with Gasteiger partial charge in [0.1, 0.15) is 5.75 Å². The molecule has 0 aliphatic heterocycles. The van der Waals surface area contributed by atoms with E-state index in [0.717, 1.165) is 18.9 Å². The standard InChI is InChI=1S/C14H21NO/c1-2-16-13-8-6-11(7-9-13)14-5-3-4-12(14)10-15/h6-9,12,14H,2-5,10,15H2,1H3. The highest BCUT2D eigenvalue weighted by atomic mass is 16.5. The molecule has 0 bridgehead atoms. The van der Waals surface area contributed by atoms with Crippen molar-refractivity contribution < 1.29 is 4.74 Å². The normalized spacial score (nSPS) is 24.6. The lowest BCUT2D eigenvalue weighted by molar-refractivity contribution is 0.340. The number of nitrogens with two attached hydrogens (primary N) is 1. The Balaban J connectivity index is 2.08. The Bertz CT molecular complexity index is 320. The molecule has 2 rings (SSSR count). The van der Waals surface area contributed by atoms with Gasteiger partial charge >= 0.3 is 0 Å². The van der Waals surface area contributed by atoms with Crippen LogP contribution in [0.25, 0.3) is 0 Å². The van der Waals surface area contributed by atoms with Crippen LogP contribution >= 0.6 is 0 Å². The van der Waals surface area contributed by atoms with Crippen LogP contribution in [0, 0.1) is 5.92 Å². The molecule has 2 nitrogen and oxygen atoms in total. The van der Waals surface area contributed by atoms with Crippen LogP contribution in [0.3, 0.4) is 0 Å². The third-order valence-corrected chi connectivity index (χ3v) is 3.58. The molecule has 2 N–H and O–H groups in total. The van der Waals surface area contributed by atoms with Crippen LogP contribution < -0.4 is 10.5 Å². The van der Waals surface area contributed by atoms with Gasteiger partial charge in [0.15, 0.2) is 0 Å². The summed E-state index contributed by atoms with van der Waals surface area (Å²) in [6.45, 7) is 3.56. The Hall–Kier alpha value is -1.02. The average molecular weight is 219 g/mol. The van der Waals surface area contributed by atoms with Gasteiger partial charge in [0, 0.05) is 0 Å². The van der Waals surface area contributed by atoms with Crippen LogP contribution in [0.4, 0.5) is 0 Å². The lowest BCUT2D eigenvalue weighted by Crippen LogP contribution is -2.17. The molecule has 0 amide bonds. The van der Waals surface area contributed by atoms with E-state index in [2.05, 4.69) is 24.3 Å². The fraction of sp³-hybridized carbons (Fsp3) is 0.571. The molecule has 16 heavy (non-hydrogen) atoms. The molecule has 0 saturated heterocycles. The van der Waals surface area contributed by atoms with Gasteiger partial charge in [-0.2, -0.15) is 0 Å². The molecule has 1 aliphatic rings. The molecule has 2 heteroatoms. The number of ether oxygens (including phenoxy) is 1. The van der Waals surface area contributed by atoms with Crippen molar-refractivity contribution in [1.82, 2.24) is 0 Å². The summed E-state index contributed by atoms with van der Waals surface area (Å²) in [6, 6.07) is 8.54. The summed E-state index contributed by atoms with van der Waals surface area (Å²) in [5, 5.41) is 0. The number of hydrogen-bond donors (Lipinski definition) is 1. The Labute approximate surface area is 97.8 Å². The van der Waals surface area contributed by atoms with Gasteiger partial charge < -0.3 is 10.5 Å². The summed E-state index contributed by atoms with van der Waals surface area (Å²) in [4.78, 5) is 0. The van der Waals surface area contributed by atoms with Crippen molar-refractivity contribution >= 4 is 0 Å². The molecule has 1 fully saturated rings. The van der Waals surface area contributed by atoms with E-state index in [9.17, 15) is 0 Å². The first kappa shape index (κ1) is 11.5. The Morgan fingerprint density at radius 1 is 1.25 bits per heavy atom. The van der Waals surface area contributed by atoms with Gasteiger partial charge in [-0.15, -0.1) is 0 Å². The molecule has 1 saturated carbocycles. The molecular formula is C14H21NO. The SMILES string of the molecule is CCOc1ccc(C2CCCC2CN)cc1. The lowest BCUT2D eigenvalue weighted by atomic mass is 9.89. The zero-order valence-electron chi connectivity index (χ0n) is 9.99. The van der Waals surface area contributed by atoms with Gasteiger partial charge in [-0.25, -0.2) is 0 Å². The summed E-state index contributed by atoms with van der Waals surface area (Å²) >= 11 is 0. The molecule has 88 valence electrons. The maximum atomic E-state index is 5.81. The molecule has 1 aromatic rings. The maximum absolute atomic E-state index is 5.81. The van der Waals surface area contributed by atoms with Gasteiger partial charge in [-0.1, -0.05) is 18.6 Å². The molecule has 2 atom stereocenters. The molecule has 1 aliphatic carbocycles. The zero-order valence-corrected chi connectivity index (χ0v) is 9.99. The van der Waals surface area contributed by atoms with E-state index in [-0.39, 0.29) is 0 Å². The first-order chi connectivity index (χ1) is 7.85. The number of rotatable bonds is 4. The first-order valence-electron chi connectivity index (χ1n) is 6.28. The molecule has 0 heterocycles. The largest absolute Gasteiger partial charge is 0.494 e. The molecule has 0 aromatic heterocycles. The van der Waals surface area contributed by atoms with Crippen molar-refractivity contribution in [3.05, 3.63) is 29.8 Å². The van der Waals surface area contributed by atoms with E-state index < -0.39 is 0 Å². The second-order valence-electron chi connectivity index (χ2n) is 4.54. The predicted octanol–water partition coefficient (Wildman–Crippen LogP) is 2.93. The lowest BCUT2D eigenvalue weighted by Gasteiger charge is -2.18. The average Bonchev–Trinajstić information content (AvgIpc) is 2.78. The highest BCUT2D eigenvalue weighted by molar-refractivity contribution is 5.30. The molecule has 2 unspecified atom stereocenters. The molecule has 0 radical (unpaired) electrons. The smallest absolute Gasteiger partial charge is 0.119 e. The van der Waals surface area contributed by atoms with E-state index in [1.54, 1.807) is 0 Å². The third-order valence-electron chi connectivity index (χ3n) is 3.58. The highest BCUT2D eigenvalue weighted by Gasteiger charge is 2.27. The van der Waals surface area contributed by atoms with Crippen LogP contribution in [-0.4, -0.2) is 13.2 Å². The summed E-state index contributed by atoms with van der Waals surface area (Å²) in [7, 11) is 0. The van der Waals surface area contributed by atoms with Gasteiger partial charge in [0.25, 0.3) is 0 Å². The summed E-state index contributed by atoms with van der Waals surface area (Å²) in [6.07, 6.45) is 3.89. The molecule has 1 aromatic carbocycles. The predicted molar refractivity (Wildman–Crippen MR) is 66.7 cm³/mol. The van der Waals surface area contributed by atoms with E-state index >= 15 is 0 Å². The Morgan fingerprint density at radius 2 is 2.00 bits per heavy atom. The fourth-order valence-electron chi connectivity index (χ4n) is 2.74. The summed E-state index contributed by atoms with van der Waals surface area (Å²) in [5.74, 6) is 2.31. The Morgan fingerprint density at radius 3 is 2.62 bits per heavy atom. The zero-order chi connectivity index (χ0) is 11.4. The van der Waals surface area contributed by atoms with E-state index in [1.165, 1.54) is 24.8 Å². The minimum absolute atomic E-state index is 0.667. The first-order valence-corrected chi connectivity index (χ1v) is 6.28. The van der Waals surface area contributed by atoms with Crippen molar-refractivity contribution in [2.75, 3.05) is 13.2 Å². The van der Waals surface area contributed by atoms with Gasteiger partial charge in [-0.05, 0) is 55.8 Å². The highest BCUT2D eigenvalue weighted by Crippen LogP contribution is 2.39. The minimum Gasteiger partial charge on any atom is -0.494 e. The van der Waals surface area contributed by atoms with Crippen molar-refractivity contribution in [3.63, 3.8) is 0 Å². The quantitative estimate of drug-likeness (QED) is 0.845. The monoisotopic (exact) mass is 219 g/mol. The van der Waals surface area contributed by atoms with Crippen LogP contribution in [0.15, 0.2) is 24.3 Å².